The Balaban J connectivity index is 1.76. The van der Waals surface area contributed by atoms with Crippen molar-refractivity contribution in [2.75, 3.05) is 32.9 Å². The van der Waals surface area contributed by atoms with Crippen LogP contribution in [0.5, 0.6) is 5.75 Å². The molecule has 0 radical (unpaired) electrons. The number of benzene rings is 1. The van der Waals surface area contributed by atoms with Crippen LogP contribution in [0, 0.1) is 5.92 Å². The topological polar surface area (TPSA) is 67.9 Å². The van der Waals surface area contributed by atoms with Crippen LogP contribution in [0.25, 0.3) is 0 Å². The van der Waals surface area contributed by atoms with Gasteiger partial charge in [0.15, 0.2) is 0 Å². The van der Waals surface area contributed by atoms with E-state index >= 15 is 0 Å². The average molecular weight is 362 g/mol. The molecule has 0 aromatic heterocycles. The van der Waals surface area contributed by atoms with E-state index in [9.17, 15) is 9.59 Å². The molecule has 6 nitrogen and oxygen atoms in total. The summed E-state index contributed by atoms with van der Waals surface area (Å²) in [5, 5.41) is 2.92. The number of carbonyl (C=O) groups excluding carboxylic acids is 2. The van der Waals surface area contributed by atoms with Crippen LogP contribution in [0.2, 0.25) is 0 Å². The maximum Gasteiger partial charge on any atom is 0.245 e. The first kappa shape index (κ1) is 20.2. The number of nitrogens with zero attached hydrogens (tertiary/aromatic N) is 1. The molecule has 144 valence electrons. The number of rotatable bonds is 9. The van der Waals surface area contributed by atoms with Crippen molar-refractivity contribution in [1.82, 2.24) is 10.2 Å². The Hall–Kier alpha value is -2.08. The zero-order chi connectivity index (χ0) is 18.8. The molecule has 0 spiro atoms. The van der Waals surface area contributed by atoms with Gasteiger partial charge in [-0.05, 0) is 30.9 Å². The fraction of sp³-hybridized carbons (Fsp3) is 0.600. The molecule has 1 saturated heterocycles. The number of ether oxygens (including phenoxy) is 2. The first-order chi connectivity index (χ1) is 12.6. The molecule has 1 aliphatic heterocycles. The molecule has 1 N–H and O–H groups in total. The van der Waals surface area contributed by atoms with Crippen LogP contribution in [0.15, 0.2) is 30.3 Å². The van der Waals surface area contributed by atoms with E-state index in [4.69, 9.17) is 9.47 Å². The van der Waals surface area contributed by atoms with Gasteiger partial charge in [-0.3, -0.25) is 9.59 Å². The number of morpholine rings is 1. The summed E-state index contributed by atoms with van der Waals surface area (Å²) in [6, 6.07) is 9.07. The van der Waals surface area contributed by atoms with Crippen LogP contribution in [-0.4, -0.2) is 55.7 Å². The van der Waals surface area contributed by atoms with Crippen molar-refractivity contribution in [2.45, 2.75) is 39.2 Å². The van der Waals surface area contributed by atoms with E-state index < -0.39 is 6.04 Å². The summed E-state index contributed by atoms with van der Waals surface area (Å²) in [7, 11) is 0. The molecule has 0 bridgehead atoms. The zero-order valence-corrected chi connectivity index (χ0v) is 15.8. The molecule has 2 rings (SSSR count). The van der Waals surface area contributed by atoms with Gasteiger partial charge < -0.3 is 19.7 Å². The third-order valence-electron chi connectivity index (χ3n) is 4.22. The Morgan fingerprint density at radius 1 is 1.19 bits per heavy atom. The summed E-state index contributed by atoms with van der Waals surface area (Å²) in [6.07, 6.45) is 1.60. The van der Waals surface area contributed by atoms with Gasteiger partial charge in [0.2, 0.25) is 11.8 Å². The Morgan fingerprint density at radius 3 is 2.54 bits per heavy atom. The van der Waals surface area contributed by atoms with Crippen molar-refractivity contribution in [2.24, 2.45) is 5.92 Å². The molecular formula is C20H30N2O4. The number of hydrogen-bond acceptors (Lipinski definition) is 4. The predicted octanol–water partition coefficient (Wildman–Crippen LogP) is 2.24. The molecule has 6 heteroatoms. The van der Waals surface area contributed by atoms with Crippen LogP contribution in [0.3, 0.4) is 0 Å². The lowest BCUT2D eigenvalue weighted by atomic mass is 10.0. The van der Waals surface area contributed by atoms with Crippen molar-refractivity contribution >= 4 is 11.8 Å². The Labute approximate surface area is 155 Å². The summed E-state index contributed by atoms with van der Waals surface area (Å²) in [5.74, 6) is 1.02. The van der Waals surface area contributed by atoms with Crippen LogP contribution < -0.4 is 10.1 Å². The van der Waals surface area contributed by atoms with Gasteiger partial charge in [0, 0.05) is 19.5 Å². The van der Waals surface area contributed by atoms with Crippen molar-refractivity contribution in [1.29, 1.82) is 0 Å². The quantitative estimate of drug-likeness (QED) is 0.684. The second-order valence-corrected chi connectivity index (χ2v) is 6.95. The van der Waals surface area contributed by atoms with E-state index in [0.29, 0.717) is 58.1 Å². The van der Waals surface area contributed by atoms with Gasteiger partial charge in [0.25, 0.3) is 0 Å². The first-order valence-electron chi connectivity index (χ1n) is 9.40. The van der Waals surface area contributed by atoms with Crippen molar-refractivity contribution < 1.29 is 19.1 Å². The van der Waals surface area contributed by atoms with Crippen molar-refractivity contribution in [3.05, 3.63) is 30.3 Å². The fourth-order valence-corrected chi connectivity index (χ4v) is 2.90. The summed E-state index contributed by atoms with van der Waals surface area (Å²) in [5.41, 5.74) is 0. The predicted molar refractivity (Wildman–Crippen MR) is 100.0 cm³/mol. The highest BCUT2D eigenvalue weighted by Gasteiger charge is 2.27. The highest BCUT2D eigenvalue weighted by Crippen LogP contribution is 2.11. The molecule has 0 aliphatic carbocycles. The van der Waals surface area contributed by atoms with Crippen molar-refractivity contribution in [3.8, 4) is 5.75 Å². The van der Waals surface area contributed by atoms with E-state index in [2.05, 4.69) is 19.2 Å². The molecule has 2 amide bonds. The molecule has 0 saturated carbocycles. The largest absolute Gasteiger partial charge is 0.494 e. The van der Waals surface area contributed by atoms with Gasteiger partial charge in [-0.1, -0.05) is 32.0 Å². The smallest absolute Gasteiger partial charge is 0.245 e. The van der Waals surface area contributed by atoms with E-state index in [-0.39, 0.29) is 11.8 Å². The van der Waals surface area contributed by atoms with Crippen LogP contribution in [-0.2, 0) is 14.3 Å². The molecule has 1 atom stereocenters. The number of para-hydroxylation sites is 1. The third kappa shape index (κ3) is 7.04. The highest BCUT2D eigenvalue weighted by atomic mass is 16.5. The van der Waals surface area contributed by atoms with E-state index in [0.717, 1.165) is 5.75 Å². The second-order valence-electron chi connectivity index (χ2n) is 6.95. The lowest BCUT2D eigenvalue weighted by Crippen LogP contribution is -2.52. The van der Waals surface area contributed by atoms with Gasteiger partial charge >= 0.3 is 0 Å². The minimum Gasteiger partial charge on any atom is -0.494 e. The standard InChI is InChI=1S/C20H30N2O4/c1-16(2)15-18(20(24)22-10-13-25-14-11-22)21-19(23)9-6-12-26-17-7-4-3-5-8-17/h3-5,7-8,16,18H,6,9-15H2,1-2H3,(H,21,23)/t18-/m1/s1. The van der Waals surface area contributed by atoms with Gasteiger partial charge in [-0.15, -0.1) is 0 Å². The molecule has 0 unspecified atom stereocenters. The molecule has 1 fully saturated rings. The van der Waals surface area contributed by atoms with Crippen molar-refractivity contribution in [3.63, 3.8) is 0 Å². The molecule has 26 heavy (non-hydrogen) atoms. The molecule has 1 aliphatic rings. The van der Waals surface area contributed by atoms with E-state index in [1.165, 1.54) is 0 Å². The minimum absolute atomic E-state index is 0.00381. The van der Waals surface area contributed by atoms with Crippen LogP contribution >= 0.6 is 0 Å². The van der Waals surface area contributed by atoms with E-state index in [1.54, 1.807) is 4.90 Å². The monoisotopic (exact) mass is 362 g/mol. The first-order valence-corrected chi connectivity index (χ1v) is 9.40. The second kappa shape index (κ2) is 10.8. The third-order valence-corrected chi connectivity index (χ3v) is 4.22. The molecular weight excluding hydrogens is 332 g/mol. The molecule has 1 heterocycles. The summed E-state index contributed by atoms with van der Waals surface area (Å²) < 4.78 is 10.9. The number of hydrogen-bond donors (Lipinski definition) is 1. The highest BCUT2D eigenvalue weighted by molar-refractivity contribution is 5.87. The number of carbonyl (C=O) groups is 2. The zero-order valence-electron chi connectivity index (χ0n) is 15.8. The summed E-state index contributed by atoms with van der Waals surface area (Å²) >= 11 is 0. The lowest BCUT2D eigenvalue weighted by molar-refractivity contribution is -0.140. The normalized spacial score (nSPS) is 15.6. The Kier molecular flexibility index (Phi) is 8.41. The van der Waals surface area contributed by atoms with Gasteiger partial charge in [0.1, 0.15) is 11.8 Å². The summed E-state index contributed by atoms with van der Waals surface area (Å²) in [4.78, 5) is 26.8. The van der Waals surface area contributed by atoms with Crippen LogP contribution in [0.4, 0.5) is 0 Å². The molecule has 1 aromatic rings. The number of nitrogens with one attached hydrogen (secondary N) is 1. The minimum atomic E-state index is -0.462. The van der Waals surface area contributed by atoms with Gasteiger partial charge in [-0.25, -0.2) is 0 Å². The Morgan fingerprint density at radius 2 is 1.88 bits per heavy atom. The fourth-order valence-electron chi connectivity index (χ4n) is 2.90. The Bertz CT molecular complexity index is 556. The van der Waals surface area contributed by atoms with Crippen LogP contribution in [0.1, 0.15) is 33.1 Å². The SMILES string of the molecule is CC(C)C[C@@H](NC(=O)CCCOc1ccccc1)C(=O)N1CCOCC1. The van der Waals surface area contributed by atoms with Gasteiger partial charge in [0.05, 0.1) is 19.8 Å². The maximum atomic E-state index is 12.7. The maximum absolute atomic E-state index is 12.7. The number of amides is 2. The van der Waals surface area contributed by atoms with Gasteiger partial charge in [-0.2, -0.15) is 0 Å². The molecule has 1 aromatic carbocycles. The summed E-state index contributed by atoms with van der Waals surface area (Å²) in [6.45, 7) is 6.89. The lowest BCUT2D eigenvalue weighted by Gasteiger charge is -2.31. The average Bonchev–Trinajstić information content (AvgIpc) is 2.65. The van der Waals surface area contributed by atoms with E-state index in [1.807, 2.05) is 30.3 Å².